The molecule has 0 unspecified atom stereocenters. The van der Waals surface area contributed by atoms with Crippen molar-refractivity contribution in [3.8, 4) is 6.07 Å². The Kier molecular flexibility index (Phi) is 5.18. The minimum atomic E-state index is -3.84. The number of rotatable bonds is 5. The summed E-state index contributed by atoms with van der Waals surface area (Å²) in [7, 11) is -7.11. The van der Waals surface area contributed by atoms with Crippen LogP contribution < -0.4 is 4.72 Å². The van der Waals surface area contributed by atoms with Crippen molar-refractivity contribution in [2.75, 3.05) is 25.4 Å². The first-order chi connectivity index (χ1) is 10.4. The van der Waals surface area contributed by atoms with Gasteiger partial charge in [0.2, 0.25) is 20.0 Å². The van der Waals surface area contributed by atoms with Gasteiger partial charge in [0, 0.05) is 19.6 Å². The summed E-state index contributed by atoms with van der Waals surface area (Å²) in [6, 6.07) is 7.71. The van der Waals surface area contributed by atoms with Gasteiger partial charge in [-0.15, -0.1) is 0 Å². The van der Waals surface area contributed by atoms with Crippen LogP contribution in [0.1, 0.15) is 18.4 Å². The topological polar surface area (TPSA) is 107 Å². The summed E-state index contributed by atoms with van der Waals surface area (Å²) in [5, 5.41) is 8.95. The molecule has 2 rings (SSSR count). The maximum atomic E-state index is 12.2. The van der Waals surface area contributed by atoms with Crippen molar-refractivity contribution in [1.82, 2.24) is 9.03 Å². The van der Waals surface area contributed by atoms with Crippen LogP contribution in [0.4, 0.5) is 0 Å². The number of nitrogens with one attached hydrogen (secondary N) is 1. The fourth-order valence-electron chi connectivity index (χ4n) is 2.27. The summed E-state index contributed by atoms with van der Waals surface area (Å²) in [5.74, 6) is 0.108. The van der Waals surface area contributed by atoms with Crippen LogP contribution in [0.15, 0.2) is 29.2 Å². The van der Waals surface area contributed by atoms with Gasteiger partial charge in [-0.05, 0) is 25.0 Å². The van der Waals surface area contributed by atoms with E-state index in [2.05, 4.69) is 4.72 Å². The van der Waals surface area contributed by atoms with E-state index in [0.29, 0.717) is 13.0 Å². The van der Waals surface area contributed by atoms with E-state index in [1.807, 2.05) is 6.07 Å². The van der Waals surface area contributed by atoms with Crippen molar-refractivity contribution in [3.63, 3.8) is 0 Å². The number of nitrogens with zero attached hydrogens (tertiary/aromatic N) is 2. The number of nitriles is 1. The summed E-state index contributed by atoms with van der Waals surface area (Å²) in [6.45, 7) is 0.483. The van der Waals surface area contributed by atoms with E-state index in [-0.39, 0.29) is 29.3 Å². The molecule has 0 spiro atoms. The Balaban J connectivity index is 2.03. The van der Waals surface area contributed by atoms with Gasteiger partial charge >= 0.3 is 0 Å². The molecule has 0 amide bonds. The second-order valence-electron chi connectivity index (χ2n) is 4.93. The zero-order valence-corrected chi connectivity index (χ0v) is 13.5. The number of sulfonamides is 2. The lowest BCUT2D eigenvalue weighted by atomic mass is 10.2. The van der Waals surface area contributed by atoms with Crippen LogP contribution >= 0.6 is 0 Å². The van der Waals surface area contributed by atoms with Gasteiger partial charge in [0.1, 0.15) is 6.07 Å². The quantitative estimate of drug-likeness (QED) is 0.825. The molecule has 1 heterocycles. The molecule has 0 radical (unpaired) electrons. The number of hydrogen-bond donors (Lipinski definition) is 1. The molecular weight excluding hydrogens is 326 g/mol. The largest absolute Gasteiger partial charge is 0.241 e. The van der Waals surface area contributed by atoms with Crippen LogP contribution in [-0.4, -0.2) is 46.5 Å². The van der Waals surface area contributed by atoms with E-state index in [9.17, 15) is 16.8 Å². The first-order valence-electron chi connectivity index (χ1n) is 6.83. The van der Waals surface area contributed by atoms with Crippen LogP contribution in [0.5, 0.6) is 0 Å². The number of benzene rings is 1. The maximum absolute atomic E-state index is 12.2. The Morgan fingerprint density at radius 3 is 2.68 bits per heavy atom. The van der Waals surface area contributed by atoms with Gasteiger partial charge in [-0.2, -0.15) is 5.26 Å². The van der Waals surface area contributed by atoms with Crippen molar-refractivity contribution in [3.05, 3.63) is 29.8 Å². The van der Waals surface area contributed by atoms with E-state index >= 15 is 0 Å². The summed E-state index contributed by atoms with van der Waals surface area (Å²) < 4.78 is 51.6. The summed E-state index contributed by atoms with van der Waals surface area (Å²) in [6.07, 6.45) is 1.42. The van der Waals surface area contributed by atoms with Gasteiger partial charge in [-0.25, -0.2) is 25.9 Å². The zero-order valence-electron chi connectivity index (χ0n) is 11.9. The van der Waals surface area contributed by atoms with E-state index in [1.54, 1.807) is 6.07 Å². The minimum absolute atomic E-state index is 0.0265. The van der Waals surface area contributed by atoms with Gasteiger partial charge in [0.15, 0.2) is 0 Å². The first kappa shape index (κ1) is 16.9. The predicted molar refractivity (Wildman–Crippen MR) is 80.9 cm³/mol. The molecule has 0 saturated carbocycles. The van der Waals surface area contributed by atoms with Gasteiger partial charge in [-0.1, -0.05) is 12.1 Å². The smallest absolute Gasteiger partial charge is 0.212 e. The molecular formula is C13H17N3O4S2. The molecule has 1 aliphatic rings. The zero-order chi connectivity index (χ0) is 16.2. The van der Waals surface area contributed by atoms with Crippen LogP contribution in [0.3, 0.4) is 0 Å². The molecule has 0 atom stereocenters. The summed E-state index contributed by atoms with van der Waals surface area (Å²) in [4.78, 5) is -0.0981. The summed E-state index contributed by atoms with van der Waals surface area (Å²) in [5.41, 5.74) is 0.0561. The van der Waals surface area contributed by atoms with E-state index < -0.39 is 20.0 Å². The van der Waals surface area contributed by atoms with Crippen molar-refractivity contribution < 1.29 is 16.8 Å². The van der Waals surface area contributed by atoms with Crippen molar-refractivity contribution in [1.29, 1.82) is 5.26 Å². The third kappa shape index (κ3) is 3.84. The lowest BCUT2D eigenvalue weighted by Crippen LogP contribution is -2.42. The molecule has 1 saturated heterocycles. The number of hydrogen-bond acceptors (Lipinski definition) is 5. The highest BCUT2D eigenvalue weighted by molar-refractivity contribution is 7.89. The van der Waals surface area contributed by atoms with Crippen molar-refractivity contribution >= 4 is 20.0 Å². The van der Waals surface area contributed by atoms with Gasteiger partial charge < -0.3 is 0 Å². The second-order valence-corrected chi connectivity index (χ2v) is 8.75. The molecule has 9 heteroatoms. The molecule has 0 aliphatic carbocycles. The Morgan fingerprint density at radius 1 is 1.27 bits per heavy atom. The highest BCUT2D eigenvalue weighted by atomic mass is 32.2. The molecule has 120 valence electrons. The van der Waals surface area contributed by atoms with Gasteiger partial charge in [-0.3, -0.25) is 0 Å². The fourth-order valence-corrected chi connectivity index (χ4v) is 5.05. The SMILES string of the molecule is N#Cc1ccccc1S(=O)(=O)NCCN1CCCCS1(=O)=O. The molecule has 1 aromatic rings. The standard InChI is InChI=1S/C13H17N3O4S2/c14-11-12-5-1-2-6-13(12)22(19,20)15-7-9-16-8-3-4-10-21(16,17)18/h1-2,5-6,15H,3-4,7-10H2. The predicted octanol–water partition coefficient (Wildman–Crippen LogP) is 0.262. The van der Waals surface area contributed by atoms with Gasteiger partial charge in [0.05, 0.1) is 16.2 Å². The first-order valence-corrected chi connectivity index (χ1v) is 9.93. The Bertz CT molecular complexity index is 782. The highest BCUT2D eigenvalue weighted by Gasteiger charge is 2.26. The maximum Gasteiger partial charge on any atom is 0.241 e. The van der Waals surface area contributed by atoms with Crippen molar-refractivity contribution in [2.45, 2.75) is 17.7 Å². The van der Waals surface area contributed by atoms with E-state index in [0.717, 1.165) is 6.42 Å². The molecule has 1 fully saturated rings. The van der Waals surface area contributed by atoms with Crippen LogP contribution in [0.25, 0.3) is 0 Å². The molecule has 1 aliphatic heterocycles. The molecule has 7 nitrogen and oxygen atoms in total. The minimum Gasteiger partial charge on any atom is -0.212 e. The third-order valence-electron chi connectivity index (χ3n) is 3.40. The highest BCUT2D eigenvalue weighted by Crippen LogP contribution is 2.15. The average molecular weight is 343 g/mol. The Morgan fingerprint density at radius 2 is 2.00 bits per heavy atom. The average Bonchev–Trinajstić information content (AvgIpc) is 2.48. The van der Waals surface area contributed by atoms with E-state index in [4.69, 9.17) is 5.26 Å². The Labute approximate surface area is 130 Å². The lowest BCUT2D eigenvalue weighted by Gasteiger charge is -2.26. The molecule has 1 N–H and O–H groups in total. The van der Waals surface area contributed by atoms with Gasteiger partial charge in [0.25, 0.3) is 0 Å². The monoisotopic (exact) mass is 343 g/mol. The fraction of sp³-hybridized carbons (Fsp3) is 0.462. The van der Waals surface area contributed by atoms with Crippen LogP contribution in [-0.2, 0) is 20.0 Å². The normalized spacial score (nSPS) is 18.7. The van der Waals surface area contributed by atoms with E-state index in [1.165, 1.54) is 22.5 Å². The second kappa shape index (κ2) is 6.75. The van der Waals surface area contributed by atoms with Crippen molar-refractivity contribution in [2.24, 2.45) is 0 Å². The third-order valence-corrected chi connectivity index (χ3v) is 6.88. The Hall–Kier alpha value is -1.47. The molecule has 0 aromatic heterocycles. The molecule has 0 bridgehead atoms. The lowest BCUT2D eigenvalue weighted by molar-refractivity contribution is 0.386. The summed E-state index contributed by atoms with van der Waals surface area (Å²) >= 11 is 0. The van der Waals surface area contributed by atoms with Crippen LogP contribution in [0.2, 0.25) is 0 Å². The molecule has 1 aromatic carbocycles. The van der Waals surface area contributed by atoms with Crippen LogP contribution in [0, 0.1) is 11.3 Å². The molecule has 22 heavy (non-hydrogen) atoms.